The van der Waals surface area contributed by atoms with Crippen LogP contribution in [0.5, 0.6) is 0 Å². The molecule has 1 aliphatic rings. The maximum absolute atomic E-state index is 12.4. The summed E-state index contributed by atoms with van der Waals surface area (Å²) in [7, 11) is 3.76. The third-order valence-corrected chi connectivity index (χ3v) is 5.63. The van der Waals surface area contributed by atoms with Gasteiger partial charge in [-0.15, -0.1) is 11.8 Å². The molecule has 0 radical (unpaired) electrons. The van der Waals surface area contributed by atoms with Gasteiger partial charge in [0.1, 0.15) is 0 Å². The molecule has 5 heteroatoms. The van der Waals surface area contributed by atoms with Crippen molar-refractivity contribution >= 4 is 17.7 Å². The van der Waals surface area contributed by atoms with Gasteiger partial charge >= 0.3 is 0 Å². The van der Waals surface area contributed by atoms with Crippen LogP contribution in [0.4, 0.5) is 0 Å². The summed E-state index contributed by atoms with van der Waals surface area (Å²) >= 11 is 1.78. The van der Waals surface area contributed by atoms with Crippen LogP contribution in [0.25, 0.3) is 0 Å². The zero-order valence-electron chi connectivity index (χ0n) is 13.7. The van der Waals surface area contributed by atoms with Crippen molar-refractivity contribution in [3.63, 3.8) is 0 Å². The smallest absolute Gasteiger partial charge is 0.232 e. The van der Waals surface area contributed by atoms with Crippen molar-refractivity contribution in [3.05, 3.63) is 53.3 Å². The molecule has 0 saturated heterocycles. The van der Waals surface area contributed by atoms with Crippen molar-refractivity contribution in [1.29, 1.82) is 0 Å². The van der Waals surface area contributed by atoms with E-state index >= 15 is 0 Å². The first kappa shape index (κ1) is 16.1. The van der Waals surface area contributed by atoms with E-state index in [4.69, 9.17) is 0 Å². The largest absolute Gasteiger partial charge is 0.341 e. The quantitative estimate of drug-likeness (QED) is 0.845. The molecule has 0 saturated carbocycles. The number of aryl methyl sites for hydroxylation is 2. The Morgan fingerprint density at radius 1 is 1.43 bits per heavy atom. The van der Waals surface area contributed by atoms with Crippen molar-refractivity contribution in [2.45, 2.75) is 31.1 Å². The third kappa shape index (κ3) is 3.96. The lowest BCUT2D eigenvalue weighted by Gasteiger charge is -2.25. The Morgan fingerprint density at radius 2 is 2.26 bits per heavy atom. The highest BCUT2D eigenvalue weighted by atomic mass is 32.2. The molecule has 1 heterocycles. The summed E-state index contributed by atoms with van der Waals surface area (Å²) in [6.07, 6.45) is 7.32. The highest BCUT2D eigenvalue weighted by Crippen LogP contribution is 2.39. The van der Waals surface area contributed by atoms with Gasteiger partial charge in [-0.2, -0.15) is 5.10 Å². The van der Waals surface area contributed by atoms with E-state index in [0.29, 0.717) is 17.5 Å². The summed E-state index contributed by atoms with van der Waals surface area (Å²) in [5, 5.41) is 4.60. The normalized spacial score (nSPS) is 16.9. The molecule has 0 aliphatic heterocycles. The molecule has 0 bridgehead atoms. The molecule has 1 amide bonds. The van der Waals surface area contributed by atoms with Crippen molar-refractivity contribution in [2.75, 3.05) is 12.8 Å². The Kier molecular flexibility index (Phi) is 5.06. The zero-order chi connectivity index (χ0) is 16.2. The number of benzene rings is 1. The summed E-state index contributed by atoms with van der Waals surface area (Å²) < 4.78 is 1.77. The van der Waals surface area contributed by atoms with Crippen LogP contribution in [0.1, 0.15) is 34.8 Å². The number of rotatable bonds is 5. The molecule has 0 spiro atoms. The van der Waals surface area contributed by atoms with Gasteiger partial charge in [0, 0.05) is 37.7 Å². The number of hydrogen-bond acceptors (Lipinski definition) is 3. The van der Waals surface area contributed by atoms with Crippen LogP contribution in [0.2, 0.25) is 0 Å². The predicted molar refractivity (Wildman–Crippen MR) is 94.3 cm³/mol. The fraction of sp³-hybridized carbons (Fsp3) is 0.444. The minimum atomic E-state index is 0.182. The van der Waals surface area contributed by atoms with Crippen LogP contribution in [0, 0.1) is 0 Å². The molecular formula is C18H23N3OS. The number of carbonyl (C=O) groups excluding carboxylic acids is 1. The topological polar surface area (TPSA) is 38.1 Å². The molecule has 1 aliphatic carbocycles. The minimum absolute atomic E-state index is 0.182. The van der Waals surface area contributed by atoms with Crippen LogP contribution in [0.3, 0.4) is 0 Å². The van der Waals surface area contributed by atoms with Crippen molar-refractivity contribution in [1.82, 2.24) is 14.7 Å². The van der Waals surface area contributed by atoms with E-state index in [0.717, 1.165) is 5.56 Å². The fourth-order valence-electron chi connectivity index (χ4n) is 3.08. The van der Waals surface area contributed by atoms with Crippen molar-refractivity contribution in [3.8, 4) is 0 Å². The Morgan fingerprint density at radius 3 is 3.04 bits per heavy atom. The van der Waals surface area contributed by atoms with E-state index in [-0.39, 0.29) is 5.91 Å². The monoisotopic (exact) mass is 329 g/mol. The first-order valence-corrected chi connectivity index (χ1v) is 9.09. The third-order valence-electron chi connectivity index (χ3n) is 4.33. The van der Waals surface area contributed by atoms with Gasteiger partial charge in [0.05, 0.1) is 11.9 Å². The number of hydrogen-bond donors (Lipinski definition) is 0. The number of thioether (sulfide) groups is 1. The molecule has 2 aromatic rings. The Labute approximate surface area is 141 Å². The van der Waals surface area contributed by atoms with Gasteiger partial charge in [-0.25, -0.2) is 0 Å². The van der Waals surface area contributed by atoms with Gasteiger partial charge in [-0.1, -0.05) is 24.3 Å². The maximum Gasteiger partial charge on any atom is 0.232 e. The van der Waals surface area contributed by atoms with Gasteiger partial charge in [-0.3, -0.25) is 9.48 Å². The fourth-order valence-corrected chi connectivity index (χ4v) is 4.39. The van der Waals surface area contributed by atoms with Crippen LogP contribution in [-0.4, -0.2) is 33.4 Å². The van der Waals surface area contributed by atoms with E-state index in [9.17, 15) is 4.79 Å². The molecule has 23 heavy (non-hydrogen) atoms. The lowest BCUT2D eigenvalue weighted by atomic mass is 9.91. The molecule has 0 fully saturated rings. The first-order valence-electron chi connectivity index (χ1n) is 8.04. The van der Waals surface area contributed by atoms with Gasteiger partial charge in [0.15, 0.2) is 0 Å². The number of aromatic nitrogens is 2. The molecule has 4 nitrogen and oxygen atoms in total. The van der Waals surface area contributed by atoms with Gasteiger partial charge in [0.2, 0.25) is 5.91 Å². The van der Waals surface area contributed by atoms with E-state index in [2.05, 4.69) is 29.4 Å². The number of nitrogens with zero attached hydrogens (tertiary/aromatic N) is 3. The molecule has 1 unspecified atom stereocenters. The average Bonchev–Trinajstić information content (AvgIpc) is 2.97. The van der Waals surface area contributed by atoms with Gasteiger partial charge in [-0.05, 0) is 30.4 Å². The molecule has 1 atom stereocenters. The molecule has 1 aromatic heterocycles. The summed E-state index contributed by atoms with van der Waals surface area (Å²) in [4.78, 5) is 14.2. The molecule has 1 aromatic carbocycles. The summed E-state index contributed by atoms with van der Waals surface area (Å²) in [5.41, 5.74) is 3.94. The SMILES string of the molecule is CN(Cc1cnn(C)c1)C(=O)CSC1CCCc2ccccc21. The van der Waals surface area contributed by atoms with Crippen molar-refractivity contribution < 1.29 is 4.79 Å². The minimum Gasteiger partial charge on any atom is -0.341 e. The summed E-state index contributed by atoms with van der Waals surface area (Å²) in [6, 6.07) is 8.65. The number of amides is 1. The van der Waals surface area contributed by atoms with Crippen LogP contribution in [0.15, 0.2) is 36.7 Å². The van der Waals surface area contributed by atoms with E-state index in [1.54, 1.807) is 21.3 Å². The highest BCUT2D eigenvalue weighted by Gasteiger charge is 2.21. The van der Waals surface area contributed by atoms with Crippen LogP contribution in [-0.2, 0) is 24.8 Å². The lowest BCUT2D eigenvalue weighted by molar-refractivity contribution is -0.127. The standard InChI is InChI=1S/C18H23N3OS/c1-20(11-14-10-19-21(2)12-14)18(22)13-23-17-9-5-7-15-6-3-4-8-16(15)17/h3-4,6,8,10,12,17H,5,7,9,11,13H2,1-2H3. The van der Waals surface area contributed by atoms with Crippen LogP contribution >= 0.6 is 11.8 Å². The average molecular weight is 329 g/mol. The van der Waals surface area contributed by atoms with Crippen LogP contribution < -0.4 is 0 Å². The maximum atomic E-state index is 12.4. The molecule has 3 rings (SSSR count). The predicted octanol–water partition coefficient (Wildman–Crippen LogP) is 3.19. The number of carbonyl (C=O) groups is 1. The highest BCUT2D eigenvalue weighted by molar-refractivity contribution is 8.00. The Hall–Kier alpha value is -1.75. The van der Waals surface area contributed by atoms with E-state index < -0.39 is 0 Å². The van der Waals surface area contributed by atoms with Crippen molar-refractivity contribution in [2.24, 2.45) is 7.05 Å². The molecule has 122 valence electrons. The van der Waals surface area contributed by atoms with Gasteiger partial charge < -0.3 is 4.90 Å². The summed E-state index contributed by atoms with van der Waals surface area (Å²) in [5.74, 6) is 0.720. The van der Waals surface area contributed by atoms with E-state index in [1.165, 1.54) is 30.4 Å². The first-order chi connectivity index (χ1) is 11.1. The second-order valence-corrected chi connectivity index (χ2v) is 7.35. The number of fused-ring (bicyclic) bond motifs is 1. The zero-order valence-corrected chi connectivity index (χ0v) is 14.6. The second-order valence-electron chi connectivity index (χ2n) is 6.16. The Balaban J connectivity index is 1.55. The van der Waals surface area contributed by atoms with E-state index in [1.807, 2.05) is 26.5 Å². The Bertz CT molecular complexity index is 682. The van der Waals surface area contributed by atoms with Gasteiger partial charge in [0.25, 0.3) is 0 Å². The molecular weight excluding hydrogens is 306 g/mol. The lowest BCUT2D eigenvalue weighted by Crippen LogP contribution is -2.28. The second kappa shape index (κ2) is 7.21. The summed E-state index contributed by atoms with van der Waals surface area (Å²) in [6.45, 7) is 0.620. The molecule has 0 N–H and O–H groups in total.